The van der Waals surface area contributed by atoms with Crippen molar-refractivity contribution in [2.24, 2.45) is 0 Å². The summed E-state index contributed by atoms with van der Waals surface area (Å²) in [6.07, 6.45) is 0. The van der Waals surface area contributed by atoms with E-state index in [1.54, 1.807) is 25.3 Å². The molecule has 4 nitrogen and oxygen atoms in total. The molecule has 0 bridgehead atoms. The number of hydrogen-bond donors (Lipinski definition) is 1. The molecule has 0 aliphatic rings. The number of nitrogens with one attached hydrogen (secondary N) is 1. The molecule has 144 valence electrons. The number of carbonyl (C=O) groups is 1. The second-order valence-electron chi connectivity index (χ2n) is 6.38. The zero-order chi connectivity index (χ0) is 19.9. The average Bonchev–Trinajstić information content (AvgIpc) is 2.73. The molecule has 3 aromatic carbocycles. The maximum atomic E-state index is 12.7. The first-order valence-corrected chi connectivity index (χ1v) is 9.35. The number of para-hydroxylation sites is 1. The van der Waals surface area contributed by atoms with Gasteiger partial charge in [-0.05, 0) is 55.0 Å². The van der Waals surface area contributed by atoms with Gasteiger partial charge in [0.05, 0.1) is 13.2 Å². The van der Waals surface area contributed by atoms with Crippen LogP contribution < -0.4 is 14.8 Å². The molecular formula is C23H22ClNO3. The van der Waals surface area contributed by atoms with Crippen LogP contribution in [0.2, 0.25) is 5.02 Å². The van der Waals surface area contributed by atoms with E-state index >= 15 is 0 Å². The van der Waals surface area contributed by atoms with Crippen molar-refractivity contribution in [3.63, 3.8) is 0 Å². The highest BCUT2D eigenvalue weighted by Gasteiger charge is 2.14. The first-order chi connectivity index (χ1) is 13.6. The lowest BCUT2D eigenvalue weighted by Crippen LogP contribution is -2.26. The van der Waals surface area contributed by atoms with Gasteiger partial charge >= 0.3 is 0 Å². The van der Waals surface area contributed by atoms with Crippen molar-refractivity contribution in [1.82, 2.24) is 5.32 Å². The third kappa shape index (κ3) is 5.05. The maximum Gasteiger partial charge on any atom is 0.251 e. The van der Waals surface area contributed by atoms with Crippen LogP contribution >= 0.6 is 11.6 Å². The van der Waals surface area contributed by atoms with Crippen LogP contribution in [0.3, 0.4) is 0 Å². The molecule has 0 aromatic heterocycles. The number of amides is 1. The summed E-state index contributed by atoms with van der Waals surface area (Å²) in [5.74, 6) is 1.28. The number of methoxy groups -OCH3 is 1. The second-order valence-corrected chi connectivity index (χ2v) is 6.81. The molecule has 28 heavy (non-hydrogen) atoms. The third-order valence-corrected chi connectivity index (χ3v) is 4.65. The van der Waals surface area contributed by atoms with Gasteiger partial charge in [-0.25, -0.2) is 0 Å². The Morgan fingerprint density at radius 3 is 2.43 bits per heavy atom. The molecule has 0 aliphatic heterocycles. The van der Waals surface area contributed by atoms with Crippen molar-refractivity contribution in [2.45, 2.75) is 19.6 Å². The standard InChI is InChI=1S/C23H22ClNO3/c1-16(17-8-11-20(24)12-9-17)25-23(26)18-10-13-22(27-2)19(14-18)15-28-21-6-4-3-5-7-21/h3-14,16H,15H2,1-2H3,(H,25,26). The zero-order valence-electron chi connectivity index (χ0n) is 15.8. The van der Waals surface area contributed by atoms with Gasteiger partial charge in [-0.3, -0.25) is 4.79 Å². The summed E-state index contributed by atoms with van der Waals surface area (Å²) in [6.45, 7) is 2.24. The van der Waals surface area contributed by atoms with E-state index in [4.69, 9.17) is 21.1 Å². The second kappa shape index (κ2) is 9.29. The van der Waals surface area contributed by atoms with Gasteiger partial charge in [-0.15, -0.1) is 0 Å². The SMILES string of the molecule is COc1ccc(C(=O)NC(C)c2ccc(Cl)cc2)cc1COc1ccccc1. The number of ether oxygens (including phenoxy) is 2. The van der Waals surface area contributed by atoms with E-state index < -0.39 is 0 Å². The molecule has 1 unspecified atom stereocenters. The summed E-state index contributed by atoms with van der Waals surface area (Å²) in [5, 5.41) is 3.67. The molecule has 1 N–H and O–H groups in total. The van der Waals surface area contributed by atoms with E-state index in [0.717, 1.165) is 16.9 Å². The van der Waals surface area contributed by atoms with E-state index in [-0.39, 0.29) is 11.9 Å². The monoisotopic (exact) mass is 395 g/mol. The fraction of sp³-hybridized carbons (Fsp3) is 0.174. The molecule has 3 aromatic rings. The van der Waals surface area contributed by atoms with Crippen LogP contribution in [-0.2, 0) is 6.61 Å². The Hall–Kier alpha value is -2.98. The van der Waals surface area contributed by atoms with Crippen LogP contribution in [-0.4, -0.2) is 13.0 Å². The number of rotatable bonds is 7. The molecule has 0 heterocycles. The van der Waals surface area contributed by atoms with Crippen molar-refractivity contribution in [3.05, 3.63) is 94.5 Å². The number of hydrogen-bond acceptors (Lipinski definition) is 3. The van der Waals surface area contributed by atoms with Gasteiger partial charge < -0.3 is 14.8 Å². The molecular weight excluding hydrogens is 374 g/mol. The smallest absolute Gasteiger partial charge is 0.251 e. The fourth-order valence-electron chi connectivity index (χ4n) is 2.83. The number of carbonyl (C=O) groups excluding carboxylic acids is 1. The minimum atomic E-state index is -0.161. The van der Waals surface area contributed by atoms with Gasteiger partial charge in [0.25, 0.3) is 5.91 Å². The molecule has 0 spiro atoms. The molecule has 0 saturated carbocycles. The molecule has 0 saturated heterocycles. The molecule has 5 heteroatoms. The van der Waals surface area contributed by atoms with Gasteiger partial charge in [-0.2, -0.15) is 0 Å². The van der Waals surface area contributed by atoms with E-state index in [9.17, 15) is 4.79 Å². The summed E-state index contributed by atoms with van der Waals surface area (Å²) in [7, 11) is 1.60. The number of halogens is 1. The minimum Gasteiger partial charge on any atom is -0.496 e. The Bertz CT molecular complexity index is 926. The Labute approximate surface area is 170 Å². The Balaban J connectivity index is 1.72. The topological polar surface area (TPSA) is 47.6 Å². The summed E-state index contributed by atoms with van der Waals surface area (Å²) >= 11 is 5.93. The van der Waals surface area contributed by atoms with Crippen LogP contribution in [0, 0.1) is 0 Å². The molecule has 3 rings (SSSR count). The van der Waals surface area contributed by atoms with E-state index in [1.807, 2.05) is 61.5 Å². The summed E-state index contributed by atoms with van der Waals surface area (Å²) in [4.78, 5) is 12.7. The van der Waals surface area contributed by atoms with Gasteiger partial charge in [0.15, 0.2) is 0 Å². The van der Waals surface area contributed by atoms with Gasteiger partial charge in [-0.1, -0.05) is 41.9 Å². The van der Waals surface area contributed by atoms with Crippen molar-refractivity contribution in [2.75, 3.05) is 7.11 Å². The first kappa shape index (κ1) is 19.8. The average molecular weight is 396 g/mol. The summed E-state index contributed by atoms with van der Waals surface area (Å²) < 4.78 is 11.2. The Morgan fingerprint density at radius 2 is 1.75 bits per heavy atom. The van der Waals surface area contributed by atoms with E-state index in [0.29, 0.717) is 22.9 Å². The normalized spacial score (nSPS) is 11.5. The van der Waals surface area contributed by atoms with Crippen molar-refractivity contribution >= 4 is 17.5 Å². The third-order valence-electron chi connectivity index (χ3n) is 4.40. The molecule has 1 amide bonds. The largest absolute Gasteiger partial charge is 0.496 e. The summed E-state index contributed by atoms with van der Waals surface area (Å²) in [6, 6.07) is 22.1. The van der Waals surface area contributed by atoms with Gasteiger partial charge in [0.1, 0.15) is 18.1 Å². The van der Waals surface area contributed by atoms with Crippen LogP contribution in [0.1, 0.15) is 34.5 Å². The lowest BCUT2D eigenvalue weighted by atomic mass is 10.1. The molecule has 1 atom stereocenters. The van der Waals surface area contributed by atoms with E-state index in [2.05, 4.69) is 5.32 Å². The van der Waals surface area contributed by atoms with Crippen LogP contribution in [0.5, 0.6) is 11.5 Å². The lowest BCUT2D eigenvalue weighted by Gasteiger charge is -2.16. The van der Waals surface area contributed by atoms with Crippen LogP contribution in [0.15, 0.2) is 72.8 Å². The molecule has 0 radical (unpaired) electrons. The highest BCUT2D eigenvalue weighted by molar-refractivity contribution is 6.30. The van der Waals surface area contributed by atoms with Crippen molar-refractivity contribution < 1.29 is 14.3 Å². The summed E-state index contributed by atoms with van der Waals surface area (Å²) in [5.41, 5.74) is 2.34. The Morgan fingerprint density at radius 1 is 1.04 bits per heavy atom. The fourth-order valence-corrected chi connectivity index (χ4v) is 2.95. The maximum absolute atomic E-state index is 12.7. The van der Waals surface area contributed by atoms with Crippen molar-refractivity contribution in [1.29, 1.82) is 0 Å². The van der Waals surface area contributed by atoms with Gasteiger partial charge in [0, 0.05) is 16.1 Å². The Kier molecular flexibility index (Phi) is 6.56. The predicted octanol–water partition coefficient (Wildman–Crippen LogP) is 5.42. The zero-order valence-corrected chi connectivity index (χ0v) is 16.6. The number of benzene rings is 3. The van der Waals surface area contributed by atoms with Gasteiger partial charge in [0.2, 0.25) is 0 Å². The molecule has 0 fully saturated rings. The predicted molar refractivity (Wildman–Crippen MR) is 111 cm³/mol. The molecule has 0 aliphatic carbocycles. The van der Waals surface area contributed by atoms with Crippen LogP contribution in [0.25, 0.3) is 0 Å². The van der Waals surface area contributed by atoms with E-state index in [1.165, 1.54) is 0 Å². The van der Waals surface area contributed by atoms with Crippen molar-refractivity contribution in [3.8, 4) is 11.5 Å². The first-order valence-electron chi connectivity index (χ1n) is 8.98. The quantitative estimate of drug-likeness (QED) is 0.581. The highest BCUT2D eigenvalue weighted by Crippen LogP contribution is 2.23. The minimum absolute atomic E-state index is 0.143. The highest BCUT2D eigenvalue weighted by atomic mass is 35.5. The van der Waals surface area contributed by atoms with Crippen LogP contribution in [0.4, 0.5) is 0 Å². The lowest BCUT2D eigenvalue weighted by molar-refractivity contribution is 0.0939.